The molecule has 0 aliphatic carbocycles. The highest BCUT2D eigenvalue weighted by Crippen LogP contribution is 2.27. The first-order valence-electron chi connectivity index (χ1n) is 5.66. The fraction of sp³-hybridized carbons (Fsp3) is 0.455. The van der Waals surface area contributed by atoms with Gasteiger partial charge in [-0.05, 0) is 10.2 Å². The number of aliphatic hydroxyl groups excluding tert-OH is 2. The Bertz CT molecular complexity index is 545. The Labute approximate surface area is 122 Å². The van der Waals surface area contributed by atoms with Gasteiger partial charge in [-0.1, -0.05) is 22.6 Å². The lowest BCUT2D eigenvalue weighted by atomic mass is 10.2. The highest BCUT2D eigenvalue weighted by Gasteiger charge is 2.35. The van der Waals surface area contributed by atoms with E-state index in [9.17, 15) is 9.90 Å². The first kappa shape index (κ1) is 14.4. The van der Waals surface area contributed by atoms with E-state index in [0.717, 1.165) is 0 Å². The maximum atomic E-state index is 11.8. The number of hydrogen-bond acceptors (Lipinski definition) is 6. The Balaban J connectivity index is 2.35. The van der Waals surface area contributed by atoms with Crippen LogP contribution in [0.4, 0.5) is 5.82 Å². The molecule has 1 unspecified atom stereocenters. The molecule has 0 aromatic carbocycles. The molecule has 1 aliphatic heterocycles. The lowest BCUT2D eigenvalue weighted by Crippen LogP contribution is -2.28. The van der Waals surface area contributed by atoms with Gasteiger partial charge in [-0.2, -0.15) is 4.98 Å². The van der Waals surface area contributed by atoms with Crippen LogP contribution in [-0.4, -0.2) is 38.6 Å². The summed E-state index contributed by atoms with van der Waals surface area (Å²) in [6.45, 7) is -0.296. The monoisotopic (exact) mass is 379 g/mol. The van der Waals surface area contributed by atoms with E-state index < -0.39 is 24.1 Å². The molecule has 0 amide bonds. The summed E-state index contributed by atoms with van der Waals surface area (Å²) in [5.41, 5.74) is 5.70. The van der Waals surface area contributed by atoms with Crippen molar-refractivity contribution in [3.05, 3.63) is 26.3 Å². The fourth-order valence-electron chi connectivity index (χ4n) is 1.95. The van der Waals surface area contributed by atoms with Crippen LogP contribution in [0.15, 0.2) is 15.1 Å². The van der Waals surface area contributed by atoms with Crippen molar-refractivity contribution in [1.29, 1.82) is 0 Å². The van der Waals surface area contributed by atoms with Crippen molar-refractivity contribution in [2.24, 2.45) is 0 Å². The van der Waals surface area contributed by atoms with Crippen molar-refractivity contribution in [3.8, 4) is 0 Å². The average Bonchev–Trinajstić information content (AvgIpc) is 2.74. The number of nitrogens with two attached hydrogens (primary N) is 1. The number of nitrogen functional groups attached to an aromatic ring is 1. The number of aliphatic hydroxyl groups is 2. The molecule has 1 saturated heterocycles. The Morgan fingerprint density at radius 3 is 3.00 bits per heavy atom. The zero-order chi connectivity index (χ0) is 14.0. The number of halogens is 1. The number of anilines is 1. The molecule has 8 heteroatoms. The van der Waals surface area contributed by atoms with Gasteiger partial charge in [0.15, 0.2) is 0 Å². The third kappa shape index (κ3) is 2.96. The lowest BCUT2D eigenvalue weighted by molar-refractivity contribution is -0.0458. The van der Waals surface area contributed by atoms with Gasteiger partial charge in [-0.15, -0.1) is 0 Å². The van der Waals surface area contributed by atoms with E-state index >= 15 is 0 Å². The minimum absolute atomic E-state index is 0.145. The van der Waals surface area contributed by atoms with Crippen molar-refractivity contribution in [3.63, 3.8) is 0 Å². The van der Waals surface area contributed by atoms with Gasteiger partial charge >= 0.3 is 5.69 Å². The summed E-state index contributed by atoms with van der Waals surface area (Å²) in [4.78, 5) is 15.5. The highest BCUT2D eigenvalue weighted by atomic mass is 127. The molecule has 1 aromatic heterocycles. The maximum Gasteiger partial charge on any atom is 0.351 e. The minimum atomic E-state index is -0.803. The van der Waals surface area contributed by atoms with Gasteiger partial charge in [0.2, 0.25) is 0 Å². The number of aromatic nitrogens is 2. The number of hydrogen-bond donors (Lipinski definition) is 3. The Morgan fingerprint density at radius 1 is 1.68 bits per heavy atom. The van der Waals surface area contributed by atoms with Gasteiger partial charge in [-0.3, -0.25) is 4.57 Å². The van der Waals surface area contributed by atoms with Crippen molar-refractivity contribution in [2.45, 2.75) is 24.9 Å². The summed E-state index contributed by atoms with van der Waals surface area (Å²) in [7, 11) is 0. The molecule has 7 nitrogen and oxygen atoms in total. The topological polar surface area (TPSA) is 111 Å². The van der Waals surface area contributed by atoms with Crippen molar-refractivity contribution >= 4 is 34.5 Å². The van der Waals surface area contributed by atoms with E-state index in [1.165, 1.54) is 10.8 Å². The predicted octanol–water partition coefficient (Wildman–Crippen LogP) is -0.128. The molecule has 2 rings (SSSR count). The van der Waals surface area contributed by atoms with Crippen LogP contribution in [0.25, 0.3) is 6.08 Å². The van der Waals surface area contributed by atoms with Crippen LogP contribution in [0, 0.1) is 0 Å². The first-order chi connectivity index (χ1) is 9.06. The van der Waals surface area contributed by atoms with Gasteiger partial charge in [0, 0.05) is 18.2 Å². The summed E-state index contributed by atoms with van der Waals surface area (Å²) in [5.74, 6) is 0.145. The maximum absolute atomic E-state index is 11.8. The van der Waals surface area contributed by atoms with E-state index in [1.807, 2.05) is 22.6 Å². The fourth-order valence-corrected chi connectivity index (χ4v) is 2.34. The number of rotatable bonds is 3. The molecule has 4 N–H and O–H groups in total. The smallest absolute Gasteiger partial charge is 0.351 e. The van der Waals surface area contributed by atoms with Gasteiger partial charge in [0.1, 0.15) is 18.1 Å². The van der Waals surface area contributed by atoms with Gasteiger partial charge in [0.05, 0.1) is 12.7 Å². The second kappa shape index (κ2) is 5.99. The van der Waals surface area contributed by atoms with Crippen molar-refractivity contribution < 1.29 is 14.9 Å². The van der Waals surface area contributed by atoms with Crippen LogP contribution >= 0.6 is 22.6 Å². The van der Waals surface area contributed by atoms with Crippen LogP contribution in [0.1, 0.15) is 18.2 Å². The van der Waals surface area contributed by atoms with Crippen LogP contribution < -0.4 is 11.4 Å². The van der Waals surface area contributed by atoms with E-state index in [-0.39, 0.29) is 18.8 Å². The molecule has 2 heterocycles. The van der Waals surface area contributed by atoms with E-state index in [2.05, 4.69) is 4.98 Å². The highest BCUT2D eigenvalue weighted by molar-refractivity contribution is 14.1. The summed E-state index contributed by atoms with van der Waals surface area (Å²) in [6.07, 6.45) is 1.35. The standard InChI is InChI=1S/C11H14IN3O4/c12-2-1-6-4-15(11(18)14-10(6)13)9-3-7(17)8(5-16)19-9/h1-2,4,7-9,16-17H,3,5H2,(H2,13,14,18)/b2-1+/t7?,8-,9-/m1/s1. The Hall–Kier alpha value is -0.970. The molecule has 0 bridgehead atoms. The first-order valence-corrected chi connectivity index (χ1v) is 6.91. The third-order valence-electron chi connectivity index (χ3n) is 2.95. The minimum Gasteiger partial charge on any atom is -0.394 e. The second-order valence-corrected chi connectivity index (χ2v) is 4.90. The summed E-state index contributed by atoms with van der Waals surface area (Å²) >= 11 is 2.03. The normalized spacial score (nSPS) is 27.2. The van der Waals surface area contributed by atoms with Crippen LogP contribution in [-0.2, 0) is 4.74 Å². The lowest BCUT2D eigenvalue weighted by Gasteiger charge is -2.15. The predicted molar refractivity (Wildman–Crippen MR) is 77.6 cm³/mol. The van der Waals surface area contributed by atoms with E-state index in [0.29, 0.717) is 5.56 Å². The van der Waals surface area contributed by atoms with Crippen molar-refractivity contribution in [2.75, 3.05) is 12.3 Å². The van der Waals surface area contributed by atoms with Gasteiger partial charge < -0.3 is 20.7 Å². The van der Waals surface area contributed by atoms with Crippen LogP contribution in [0.3, 0.4) is 0 Å². The zero-order valence-corrected chi connectivity index (χ0v) is 12.1. The molecule has 104 valence electrons. The number of ether oxygens (including phenoxy) is 1. The molecule has 1 fully saturated rings. The number of nitrogens with zero attached hydrogens (tertiary/aromatic N) is 2. The summed E-state index contributed by atoms with van der Waals surface area (Å²) in [5, 5.41) is 18.7. The zero-order valence-electron chi connectivity index (χ0n) is 9.94. The molecule has 19 heavy (non-hydrogen) atoms. The van der Waals surface area contributed by atoms with Crippen LogP contribution in [0.2, 0.25) is 0 Å². The molecular formula is C11H14IN3O4. The molecule has 1 aromatic rings. The second-order valence-electron chi connectivity index (χ2n) is 4.18. The quantitative estimate of drug-likeness (QED) is 0.632. The largest absolute Gasteiger partial charge is 0.394 e. The van der Waals surface area contributed by atoms with Gasteiger partial charge in [-0.25, -0.2) is 4.79 Å². The SMILES string of the molecule is Nc1nc(=O)n([C@H]2CC(O)[C@@H](CO)O2)cc1/C=C/I. The molecule has 0 spiro atoms. The van der Waals surface area contributed by atoms with Crippen molar-refractivity contribution in [1.82, 2.24) is 9.55 Å². The molecule has 0 saturated carbocycles. The Kier molecular flexibility index (Phi) is 4.55. The summed E-state index contributed by atoms with van der Waals surface area (Å²) < 4.78 is 8.45. The van der Waals surface area contributed by atoms with E-state index in [1.54, 1.807) is 10.2 Å². The molecule has 1 aliphatic rings. The average molecular weight is 379 g/mol. The van der Waals surface area contributed by atoms with Gasteiger partial charge in [0.25, 0.3) is 0 Å². The van der Waals surface area contributed by atoms with Crippen LogP contribution in [0.5, 0.6) is 0 Å². The van der Waals surface area contributed by atoms with E-state index in [4.69, 9.17) is 15.6 Å². The molecule has 3 atom stereocenters. The third-order valence-corrected chi connectivity index (χ3v) is 3.31. The molecular weight excluding hydrogens is 365 g/mol. The molecule has 0 radical (unpaired) electrons. The summed E-state index contributed by atoms with van der Waals surface area (Å²) in [6, 6.07) is 0. The Morgan fingerprint density at radius 2 is 2.42 bits per heavy atom.